The van der Waals surface area contributed by atoms with Gasteiger partial charge in [-0.3, -0.25) is 9.78 Å². The van der Waals surface area contributed by atoms with Gasteiger partial charge < -0.3 is 24.8 Å². The molecule has 1 aliphatic heterocycles. The van der Waals surface area contributed by atoms with Crippen molar-refractivity contribution >= 4 is 5.78 Å². The van der Waals surface area contributed by atoms with Crippen molar-refractivity contribution in [3.8, 4) is 0 Å². The fourth-order valence-electron chi connectivity index (χ4n) is 9.37. The number of aromatic nitrogens is 1. The summed E-state index contributed by atoms with van der Waals surface area (Å²) in [5.74, 6) is 0.637. The van der Waals surface area contributed by atoms with Gasteiger partial charge in [0.15, 0.2) is 11.4 Å². The molecule has 4 aliphatic carbocycles. The van der Waals surface area contributed by atoms with Crippen LogP contribution in [0.1, 0.15) is 70.8 Å². The predicted molar refractivity (Wildman–Crippen MR) is 122 cm³/mol. The van der Waals surface area contributed by atoms with Gasteiger partial charge in [-0.05, 0) is 86.2 Å². The van der Waals surface area contributed by atoms with Crippen LogP contribution in [0.5, 0.6) is 0 Å². The van der Waals surface area contributed by atoms with Crippen molar-refractivity contribution in [1.29, 1.82) is 0 Å². The van der Waals surface area contributed by atoms with Gasteiger partial charge in [0.1, 0.15) is 6.61 Å². The molecule has 7 heteroatoms. The molecule has 11 atom stereocenters. The molecule has 0 radical (unpaired) electrons. The van der Waals surface area contributed by atoms with Crippen LogP contribution in [-0.4, -0.2) is 56.6 Å². The number of pyridine rings is 1. The molecule has 34 heavy (non-hydrogen) atoms. The highest BCUT2D eigenvalue weighted by Crippen LogP contribution is 2.71. The molecule has 4 saturated carbocycles. The number of ether oxygens (including phenoxy) is 2. The average molecular weight is 472 g/mol. The number of ketones is 1. The molecule has 1 aromatic rings. The Kier molecular flexibility index (Phi) is 5.29. The minimum atomic E-state index is -1.29. The van der Waals surface area contributed by atoms with Crippen LogP contribution in [0.2, 0.25) is 0 Å². The first-order chi connectivity index (χ1) is 16.2. The van der Waals surface area contributed by atoms with Crippen LogP contribution in [0.4, 0.5) is 0 Å². The van der Waals surface area contributed by atoms with E-state index in [-0.39, 0.29) is 35.1 Å². The summed E-state index contributed by atoms with van der Waals surface area (Å²) < 4.78 is 12.9. The van der Waals surface area contributed by atoms with Crippen molar-refractivity contribution in [2.24, 2.45) is 34.5 Å². The van der Waals surface area contributed by atoms with E-state index >= 15 is 0 Å². The zero-order valence-electron chi connectivity index (χ0n) is 20.1. The van der Waals surface area contributed by atoms with E-state index in [1.807, 2.05) is 18.2 Å². The van der Waals surface area contributed by atoms with Gasteiger partial charge >= 0.3 is 0 Å². The number of carbonyl (C=O) groups excluding carboxylic acids is 1. The number of hydrogen-bond donors (Lipinski definition) is 3. The lowest BCUT2D eigenvalue weighted by Gasteiger charge is -2.63. The van der Waals surface area contributed by atoms with Crippen LogP contribution < -0.4 is 0 Å². The molecule has 1 saturated heterocycles. The highest BCUT2D eigenvalue weighted by molar-refractivity contribution is 5.91. The predicted octanol–water partition coefficient (Wildman–Crippen LogP) is 2.78. The molecular formula is C27H37NO6. The van der Waals surface area contributed by atoms with Gasteiger partial charge in [0, 0.05) is 11.6 Å². The molecule has 0 amide bonds. The third kappa shape index (κ3) is 2.88. The fraction of sp³-hybridized carbons (Fsp3) is 0.778. The molecule has 1 aromatic heterocycles. The quantitative estimate of drug-likeness (QED) is 0.622. The largest absolute Gasteiger partial charge is 0.393 e. The molecule has 2 heterocycles. The van der Waals surface area contributed by atoms with Crippen molar-refractivity contribution in [3.63, 3.8) is 0 Å². The topological polar surface area (TPSA) is 109 Å². The molecule has 3 unspecified atom stereocenters. The minimum absolute atomic E-state index is 0.00699. The smallest absolute Gasteiger partial charge is 0.202 e. The zero-order chi connectivity index (χ0) is 23.9. The average Bonchev–Trinajstić information content (AvgIpc) is 3.32. The third-order valence-electron chi connectivity index (χ3n) is 10.8. The van der Waals surface area contributed by atoms with E-state index < -0.39 is 36.1 Å². The maximum atomic E-state index is 13.5. The third-order valence-corrected chi connectivity index (χ3v) is 10.8. The van der Waals surface area contributed by atoms with Crippen LogP contribution in [0.25, 0.3) is 0 Å². The molecule has 5 fully saturated rings. The lowest BCUT2D eigenvalue weighted by molar-refractivity contribution is -0.219. The molecule has 6 rings (SSSR count). The monoisotopic (exact) mass is 471 g/mol. The Morgan fingerprint density at radius 3 is 2.74 bits per heavy atom. The molecule has 0 bridgehead atoms. The van der Waals surface area contributed by atoms with Gasteiger partial charge in [-0.1, -0.05) is 19.9 Å². The van der Waals surface area contributed by atoms with E-state index in [1.165, 1.54) is 0 Å². The van der Waals surface area contributed by atoms with Gasteiger partial charge in [0.05, 0.1) is 24.0 Å². The highest BCUT2D eigenvalue weighted by atomic mass is 16.7. The molecule has 3 N–H and O–H groups in total. The van der Waals surface area contributed by atoms with Gasteiger partial charge in [0.2, 0.25) is 6.29 Å². The molecule has 186 valence electrons. The molecular weight excluding hydrogens is 434 g/mol. The standard InChI is InChI=1S/C27H37NO6/c1-25-9-8-16(30)11-15(25)6-7-17-18-12-22-27(21(32)14-29,26(18,2)13-20(31)23(17)25)34-24(33-22)19-5-3-4-10-28-19/h3-5,10,15-18,20,22-24,29-31H,6-9,11-14H2,1-2H3/t15?,16?,17-,18-,20-,22+,23+,24?,25-,26-,27+/m0/s1. The van der Waals surface area contributed by atoms with Crippen LogP contribution >= 0.6 is 0 Å². The Hall–Kier alpha value is -1.38. The summed E-state index contributed by atoms with van der Waals surface area (Å²) in [6.45, 7) is 3.79. The normalized spacial score (nSPS) is 51.8. The minimum Gasteiger partial charge on any atom is -0.393 e. The van der Waals surface area contributed by atoms with Crippen LogP contribution in [-0.2, 0) is 14.3 Å². The van der Waals surface area contributed by atoms with Gasteiger partial charge in [0.25, 0.3) is 0 Å². The number of rotatable bonds is 3. The van der Waals surface area contributed by atoms with Crippen LogP contribution in [0, 0.1) is 34.5 Å². The van der Waals surface area contributed by atoms with E-state index in [4.69, 9.17) is 9.47 Å². The molecule has 0 spiro atoms. The number of Topliss-reactive ketones (excluding diaryl/α,β-unsaturated/α-hetero) is 1. The Bertz CT molecular complexity index is 958. The second kappa shape index (κ2) is 7.81. The van der Waals surface area contributed by atoms with Crippen molar-refractivity contribution in [3.05, 3.63) is 30.1 Å². The highest BCUT2D eigenvalue weighted by Gasteiger charge is 2.76. The number of carbonyl (C=O) groups is 1. The number of aliphatic hydroxyl groups is 3. The van der Waals surface area contributed by atoms with Crippen molar-refractivity contribution in [1.82, 2.24) is 4.98 Å². The van der Waals surface area contributed by atoms with Crippen molar-refractivity contribution in [2.45, 2.75) is 89.0 Å². The van der Waals surface area contributed by atoms with Crippen molar-refractivity contribution in [2.75, 3.05) is 6.61 Å². The number of hydrogen-bond acceptors (Lipinski definition) is 7. The summed E-state index contributed by atoms with van der Waals surface area (Å²) in [4.78, 5) is 17.8. The first-order valence-corrected chi connectivity index (χ1v) is 13.0. The van der Waals surface area contributed by atoms with E-state index in [2.05, 4.69) is 18.8 Å². The SMILES string of the molecule is C[C@]12CCC(O)CC1CC[C@@H]1[C@@H]2[C@@H](O)C[C@@]2(C)[C@H]1C[C@H]1OC(c3ccccn3)O[C@]12C(=O)CO. The first kappa shape index (κ1) is 23.0. The Morgan fingerprint density at radius 2 is 2.00 bits per heavy atom. The molecule has 0 aromatic carbocycles. The summed E-state index contributed by atoms with van der Waals surface area (Å²) in [6.07, 6.45) is 5.34. The van der Waals surface area contributed by atoms with Gasteiger partial charge in [-0.2, -0.15) is 0 Å². The van der Waals surface area contributed by atoms with E-state index in [0.717, 1.165) is 32.1 Å². The van der Waals surface area contributed by atoms with E-state index in [0.29, 0.717) is 24.5 Å². The Balaban J connectivity index is 1.38. The zero-order valence-corrected chi connectivity index (χ0v) is 20.1. The van der Waals surface area contributed by atoms with Crippen LogP contribution in [0.3, 0.4) is 0 Å². The Morgan fingerprint density at radius 1 is 1.18 bits per heavy atom. The summed E-state index contributed by atoms with van der Waals surface area (Å²) in [5.41, 5.74) is -1.32. The summed E-state index contributed by atoms with van der Waals surface area (Å²) in [7, 11) is 0. The molecule has 5 aliphatic rings. The Labute approximate surface area is 200 Å². The lowest BCUT2D eigenvalue weighted by atomic mass is 9.43. The fourth-order valence-corrected chi connectivity index (χ4v) is 9.37. The maximum absolute atomic E-state index is 13.5. The number of nitrogens with zero attached hydrogens (tertiary/aromatic N) is 1. The van der Waals surface area contributed by atoms with Crippen LogP contribution in [0.15, 0.2) is 24.4 Å². The van der Waals surface area contributed by atoms with E-state index in [1.54, 1.807) is 6.20 Å². The second-order valence-corrected chi connectivity index (χ2v) is 12.1. The van der Waals surface area contributed by atoms with Crippen molar-refractivity contribution < 1.29 is 29.6 Å². The molecule has 7 nitrogen and oxygen atoms in total. The lowest BCUT2D eigenvalue weighted by Crippen LogP contribution is -2.64. The summed E-state index contributed by atoms with van der Waals surface area (Å²) in [5, 5.41) is 32.0. The summed E-state index contributed by atoms with van der Waals surface area (Å²) in [6, 6.07) is 5.52. The number of aliphatic hydroxyl groups excluding tert-OH is 3. The summed E-state index contributed by atoms with van der Waals surface area (Å²) >= 11 is 0. The second-order valence-electron chi connectivity index (χ2n) is 12.1. The number of fused-ring (bicyclic) bond motifs is 7. The first-order valence-electron chi connectivity index (χ1n) is 13.0. The van der Waals surface area contributed by atoms with E-state index in [9.17, 15) is 20.1 Å². The van der Waals surface area contributed by atoms with Gasteiger partial charge in [-0.15, -0.1) is 0 Å². The maximum Gasteiger partial charge on any atom is 0.202 e. The van der Waals surface area contributed by atoms with Gasteiger partial charge in [-0.25, -0.2) is 0 Å².